The summed E-state index contributed by atoms with van der Waals surface area (Å²) < 4.78 is 1.62. The molecule has 1 N–H and O–H groups in total. The monoisotopic (exact) mass is 286 g/mol. The van der Waals surface area contributed by atoms with Gasteiger partial charge in [0.25, 0.3) is 5.91 Å². The minimum Gasteiger partial charge on any atom is -0.304 e. The van der Waals surface area contributed by atoms with E-state index in [2.05, 4.69) is 25.6 Å². The van der Waals surface area contributed by atoms with Crippen LogP contribution in [0.3, 0.4) is 0 Å². The van der Waals surface area contributed by atoms with E-state index in [0.717, 1.165) is 4.88 Å². The van der Waals surface area contributed by atoms with Gasteiger partial charge in [-0.15, -0.1) is 16.4 Å². The second kappa shape index (κ2) is 5.57. The maximum Gasteiger partial charge on any atom is 0.279 e. The van der Waals surface area contributed by atoms with Crippen LogP contribution in [0.25, 0.3) is 0 Å². The van der Waals surface area contributed by atoms with E-state index in [9.17, 15) is 4.79 Å². The van der Waals surface area contributed by atoms with Gasteiger partial charge in [-0.25, -0.2) is 9.67 Å². The normalized spacial score (nSPS) is 10.4. The molecular formula is C12H10N6OS. The zero-order valence-electron chi connectivity index (χ0n) is 10.3. The van der Waals surface area contributed by atoms with Crippen LogP contribution < -0.4 is 5.32 Å². The molecule has 7 nitrogen and oxygen atoms in total. The second-order valence-corrected chi connectivity index (χ2v) is 4.96. The minimum absolute atomic E-state index is 0.243. The van der Waals surface area contributed by atoms with E-state index in [4.69, 9.17) is 0 Å². The standard InChI is InChI=1S/C12H10N6OS/c19-12(15-11-6-13-3-4-14-11)10-8-18(17-16-10)7-9-2-1-5-20-9/h1-6,8H,7H2,(H,14,15,19). The fourth-order valence-corrected chi connectivity index (χ4v) is 2.28. The van der Waals surface area contributed by atoms with Crippen LogP contribution in [-0.2, 0) is 6.54 Å². The minimum atomic E-state index is -0.358. The van der Waals surface area contributed by atoms with Crippen LogP contribution in [0.1, 0.15) is 15.4 Å². The van der Waals surface area contributed by atoms with Crippen molar-refractivity contribution in [2.45, 2.75) is 6.54 Å². The molecule has 0 spiro atoms. The molecule has 8 heteroatoms. The van der Waals surface area contributed by atoms with Crippen molar-refractivity contribution in [3.63, 3.8) is 0 Å². The maximum atomic E-state index is 11.9. The number of thiophene rings is 1. The number of nitrogens with zero attached hydrogens (tertiary/aromatic N) is 5. The van der Waals surface area contributed by atoms with E-state index < -0.39 is 0 Å². The quantitative estimate of drug-likeness (QED) is 0.784. The molecule has 0 bridgehead atoms. The number of amides is 1. The summed E-state index contributed by atoms with van der Waals surface area (Å²) in [5.74, 6) is 0.0215. The molecule has 3 aromatic heterocycles. The predicted molar refractivity (Wildman–Crippen MR) is 73.4 cm³/mol. The Morgan fingerprint density at radius 2 is 2.35 bits per heavy atom. The molecule has 0 aliphatic heterocycles. The smallest absolute Gasteiger partial charge is 0.279 e. The Kier molecular flexibility index (Phi) is 3.46. The molecular weight excluding hydrogens is 276 g/mol. The number of hydrogen-bond acceptors (Lipinski definition) is 6. The molecule has 0 aliphatic carbocycles. The Balaban J connectivity index is 1.68. The van der Waals surface area contributed by atoms with Gasteiger partial charge in [-0.05, 0) is 11.4 Å². The third-order valence-corrected chi connectivity index (χ3v) is 3.34. The second-order valence-electron chi connectivity index (χ2n) is 3.93. The molecule has 0 unspecified atom stereocenters. The molecule has 0 aliphatic rings. The van der Waals surface area contributed by atoms with Crippen LogP contribution in [0.15, 0.2) is 42.3 Å². The number of carbonyl (C=O) groups excluding carboxylic acids is 1. The van der Waals surface area contributed by atoms with Crippen molar-refractivity contribution in [1.82, 2.24) is 25.0 Å². The van der Waals surface area contributed by atoms with Crippen molar-refractivity contribution in [1.29, 1.82) is 0 Å². The predicted octanol–water partition coefficient (Wildman–Crippen LogP) is 1.43. The van der Waals surface area contributed by atoms with Gasteiger partial charge in [0.2, 0.25) is 0 Å². The van der Waals surface area contributed by atoms with Gasteiger partial charge >= 0.3 is 0 Å². The summed E-state index contributed by atoms with van der Waals surface area (Å²) in [6.45, 7) is 0.600. The third-order valence-electron chi connectivity index (χ3n) is 2.47. The summed E-state index contributed by atoms with van der Waals surface area (Å²) in [7, 11) is 0. The Morgan fingerprint density at radius 3 is 3.10 bits per heavy atom. The molecule has 0 aromatic carbocycles. The first-order valence-corrected chi connectivity index (χ1v) is 6.69. The van der Waals surface area contributed by atoms with Gasteiger partial charge in [0, 0.05) is 17.3 Å². The lowest BCUT2D eigenvalue weighted by atomic mass is 10.4. The number of hydrogen-bond donors (Lipinski definition) is 1. The summed E-state index contributed by atoms with van der Waals surface area (Å²) in [4.78, 5) is 20.9. The Bertz CT molecular complexity index is 694. The zero-order chi connectivity index (χ0) is 13.8. The number of aromatic nitrogens is 5. The summed E-state index contributed by atoms with van der Waals surface area (Å²) in [5, 5.41) is 12.4. The SMILES string of the molecule is O=C(Nc1cnccn1)c1cn(Cc2cccs2)nn1. The topological polar surface area (TPSA) is 85.6 Å². The highest BCUT2D eigenvalue weighted by Gasteiger charge is 2.11. The highest BCUT2D eigenvalue weighted by molar-refractivity contribution is 7.09. The average molecular weight is 286 g/mol. The molecule has 0 radical (unpaired) electrons. The average Bonchev–Trinajstić information content (AvgIpc) is 3.12. The lowest BCUT2D eigenvalue weighted by Crippen LogP contribution is -2.13. The van der Waals surface area contributed by atoms with E-state index in [-0.39, 0.29) is 11.6 Å². The van der Waals surface area contributed by atoms with E-state index in [0.29, 0.717) is 12.4 Å². The lowest BCUT2D eigenvalue weighted by Gasteiger charge is -1.99. The summed E-state index contributed by atoms with van der Waals surface area (Å²) >= 11 is 1.63. The van der Waals surface area contributed by atoms with Crippen LogP contribution in [0, 0.1) is 0 Å². The summed E-state index contributed by atoms with van der Waals surface area (Å²) in [6, 6.07) is 3.98. The summed E-state index contributed by atoms with van der Waals surface area (Å²) in [6.07, 6.45) is 6.11. The first-order chi connectivity index (χ1) is 9.81. The van der Waals surface area contributed by atoms with E-state index in [1.165, 1.54) is 18.6 Å². The van der Waals surface area contributed by atoms with Gasteiger partial charge < -0.3 is 5.32 Å². The number of carbonyl (C=O) groups is 1. The first kappa shape index (κ1) is 12.4. The van der Waals surface area contributed by atoms with Gasteiger partial charge in [0.15, 0.2) is 11.5 Å². The number of anilines is 1. The highest BCUT2D eigenvalue weighted by Crippen LogP contribution is 2.10. The third kappa shape index (κ3) is 2.86. The highest BCUT2D eigenvalue weighted by atomic mass is 32.1. The van der Waals surface area contributed by atoms with Crippen LogP contribution in [0.2, 0.25) is 0 Å². The molecule has 0 fully saturated rings. The van der Waals surface area contributed by atoms with Crippen molar-refractivity contribution in [3.8, 4) is 0 Å². The molecule has 20 heavy (non-hydrogen) atoms. The molecule has 3 rings (SSSR count). The van der Waals surface area contributed by atoms with E-state index in [1.54, 1.807) is 22.2 Å². The van der Waals surface area contributed by atoms with Crippen LogP contribution in [0.4, 0.5) is 5.82 Å². The van der Waals surface area contributed by atoms with E-state index >= 15 is 0 Å². The lowest BCUT2D eigenvalue weighted by molar-refractivity contribution is 0.102. The fraction of sp³-hybridized carbons (Fsp3) is 0.0833. The Morgan fingerprint density at radius 1 is 1.40 bits per heavy atom. The molecule has 0 atom stereocenters. The van der Waals surface area contributed by atoms with Crippen molar-refractivity contribution in [3.05, 3.63) is 52.9 Å². The largest absolute Gasteiger partial charge is 0.304 e. The van der Waals surface area contributed by atoms with Gasteiger partial charge in [-0.2, -0.15) is 0 Å². The van der Waals surface area contributed by atoms with Gasteiger partial charge in [-0.1, -0.05) is 11.3 Å². The molecule has 3 aromatic rings. The molecule has 0 saturated heterocycles. The van der Waals surface area contributed by atoms with Crippen LogP contribution >= 0.6 is 11.3 Å². The van der Waals surface area contributed by atoms with Crippen LogP contribution in [-0.4, -0.2) is 30.9 Å². The first-order valence-electron chi connectivity index (χ1n) is 5.81. The van der Waals surface area contributed by atoms with Crippen molar-refractivity contribution in [2.24, 2.45) is 0 Å². The van der Waals surface area contributed by atoms with Crippen molar-refractivity contribution >= 4 is 23.1 Å². The molecule has 1 amide bonds. The molecule has 0 saturated carbocycles. The zero-order valence-corrected chi connectivity index (χ0v) is 11.1. The van der Waals surface area contributed by atoms with Gasteiger partial charge in [0.1, 0.15) is 0 Å². The number of nitrogens with one attached hydrogen (secondary N) is 1. The fourth-order valence-electron chi connectivity index (χ4n) is 1.59. The van der Waals surface area contributed by atoms with Gasteiger partial charge in [-0.3, -0.25) is 9.78 Å². The summed E-state index contributed by atoms with van der Waals surface area (Å²) in [5.41, 5.74) is 0.243. The van der Waals surface area contributed by atoms with Crippen molar-refractivity contribution < 1.29 is 4.79 Å². The van der Waals surface area contributed by atoms with Crippen LogP contribution in [0.5, 0.6) is 0 Å². The van der Waals surface area contributed by atoms with E-state index in [1.807, 2.05) is 17.5 Å². The molecule has 100 valence electrons. The van der Waals surface area contributed by atoms with Crippen molar-refractivity contribution in [2.75, 3.05) is 5.32 Å². The molecule has 3 heterocycles. The Hall–Kier alpha value is -2.61. The van der Waals surface area contributed by atoms with Gasteiger partial charge in [0.05, 0.1) is 18.9 Å². The maximum absolute atomic E-state index is 11.9. The number of rotatable bonds is 4. The Labute approximate surface area is 118 Å².